The maximum Gasteiger partial charge on any atom is 0.459 e. The highest BCUT2D eigenvalue weighted by Crippen LogP contribution is 2.57. The molecule has 0 aromatic rings. The third kappa shape index (κ3) is 4.10. The van der Waals surface area contributed by atoms with Gasteiger partial charge in [-0.2, -0.15) is 57.1 Å². The van der Waals surface area contributed by atoms with Gasteiger partial charge in [-0.05, 0) is 6.92 Å². The summed E-state index contributed by atoms with van der Waals surface area (Å²) in [5.41, 5.74) is -5.24. The largest absolute Gasteiger partial charge is 0.459 e. The average molecular weight is 426 g/mol. The van der Waals surface area contributed by atoms with Crippen molar-refractivity contribution in [3.63, 3.8) is 0 Å². The van der Waals surface area contributed by atoms with Crippen LogP contribution in [0.5, 0.6) is 0 Å². The fourth-order valence-electron chi connectivity index (χ4n) is 2.04. The van der Waals surface area contributed by atoms with Crippen LogP contribution in [0, 0.1) is 11.8 Å². The van der Waals surface area contributed by atoms with Gasteiger partial charge in [-0.25, -0.2) is 8.78 Å². The lowest BCUT2D eigenvalue weighted by Crippen LogP contribution is -2.62. The van der Waals surface area contributed by atoms with Gasteiger partial charge in [0.1, 0.15) is 12.1 Å². The fraction of sp³-hybridized carbons (Fsp3) is 1.00. The van der Waals surface area contributed by atoms with Gasteiger partial charge >= 0.3 is 30.4 Å². The standard InChI is InChI=1S/C11H9F15/c1-3(5(12)6(2,13)10(21,22)23)4(8(16,17)18)7(14,15)9(19,20)11(24,25)26/h3-5H,1-2H3. The third-order valence-electron chi connectivity index (χ3n) is 3.58. The molecule has 0 spiro atoms. The summed E-state index contributed by atoms with van der Waals surface area (Å²) >= 11 is 0. The number of alkyl halides is 15. The fourth-order valence-corrected chi connectivity index (χ4v) is 2.04. The zero-order valence-electron chi connectivity index (χ0n) is 12.4. The summed E-state index contributed by atoms with van der Waals surface area (Å²) in [6.07, 6.45) is -24.8. The van der Waals surface area contributed by atoms with Crippen molar-refractivity contribution < 1.29 is 65.9 Å². The van der Waals surface area contributed by atoms with Crippen LogP contribution in [0.15, 0.2) is 0 Å². The van der Waals surface area contributed by atoms with Gasteiger partial charge in [-0.15, -0.1) is 0 Å². The quantitative estimate of drug-likeness (QED) is 0.455. The molecule has 0 aliphatic carbocycles. The smallest absolute Gasteiger partial charge is 0.243 e. The molecule has 0 aliphatic heterocycles. The lowest BCUT2D eigenvalue weighted by atomic mass is 9.77. The zero-order chi connectivity index (χ0) is 21.7. The van der Waals surface area contributed by atoms with Crippen molar-refractivity contribution in [1.82, 2.24) is 0 Å². The second-order valence-corrected chi connectivity index (χ2v) is 5.55. The summed E-state index contributed by atoms with van der Waals surface area (Å²) in [6, 6.07) is 0. The number of rotatable bonds is 5. The Balaban J connectivity index is 6.33. The Morgan fingerprint density at radius 1 is 0.615 bits per heavy atom. The maximum absolute atomic E-state index is 13.6. The van der Waals surface area contributed by atoms with Gasteiger partial charge in [0.15, 0.2) is 0 Å². The molecule has 0 aliphatic rings. The summed E-state index contributed by atoms with van der Waals surface area (Å²) in [6.45, 7) is -1.19. The van der Waals surface area contributed by atoms with Crippen LogP contribution in [-0.4, -0.2) is 42.2 Å². The molecule has 0 N–H and O–H groups in total. The van der Waals surface area contributed by atoms with Gasteiger partial charge < -0.3 is 0 Å². The van der Waals surface area contributed by atoms with Crippen LogP contribution >= 0.6 is 0 Å². The molecule has 0 amide bonds. The lowest BCUT2D eigenvalue weighted by Gasteiger charge is -2.40. The first kappa shape index (κ1) is 24.9. The van der Waals surface area contributed by atoms with E-state index in [2.05, 4.69) is 0 Å². The van der Waals surface area contributed by atoms with E-state index in [0.29, 0.717) is 0 Å². The van der Waals surface area contributed by atoms with E-state index in [1.165, 1.54) is 0 Å². The van der Waals surface area contributed by atoms with Crippen LogP contribution in [0.25, 0.3) is 0 Å². The van der Waals surface area contributed by atoms with E-state index in [9.17, 15) is 65.9 Å². The van der Waals surface area contributed by atoms with E-state index in [4.69, 9.17) is 0 Å². The SMILES string of the molecule is CC(C(F)C(C)(F)C(F)(F)F)C(C(F)(F)F)C(F)(F)C(F)(F)C(F)(F)F. The molecule has 0 aromatic carbocycles. The van der Waals surface area contributed by atoms with Crippen molar-refractivity contribution >= 4 is 0 Å². The molecule has 158 valence electrons. The molecular weight excluding hydrogens is 417 g/mol. The minimum Gasteiger partial charge on any atom is -0.243 e. The first-order valence-corrected chi connectivity index (χ1v) is 6.22. The van der Waals surface area contributed by atoms with Crippen LogP contribution in [-0.2, 0) is 0 Å². The van der Waals surface area contributed by atoms with E-state index < -0.39 is 67.9 Å². The Hall–Kier alpha value is -1.05. The summed E-state index contributed by atoms with van der Waals surface area (Å²) < 4.78 is 190. The van der Waals surface area contributed by atoms with E-state index in [-0.39, 0.29) is 0 Å². The molecule has 0 rings (SSSR count). The van der Waals surface area contributed by atoms with Crippen LogP contribution < -0.4 is 0 Å². The molecule has 0 bridgehead atoms. The number of hydrogen-bond acceptors (Lipinski definition) is 0. The maximum atomic E-state index is 13.6. The van der Waals surface area contributed by atoms with Gasteiger partial charge in [0.25, 0.3) is 0 Å². The Labute approximate surface area is 135 Å². The van der Waals surface area contributed by atoms with Crippen LogP contribution in [0.4, 0.5) is 65.9 Å². The summed E-state index contributed by atoms with van der Waals surface area (Å²) in [5.74, 6) is -23.8. The molecule has 0 aromatic heterocycles. The summed E-state index contributed by atoms with van der Waals surface area (Å²) in [5, 5.41) is 0. The second-order valence-electron chi connectivity index (χ2n) is 5.55. The molecule has 0 fully saturated rings. The van der Waals surface area contributed by atoms with Crippen molar-refractivity contribution in [1.29, 1.82) is 0 Å². The van der Waals surface area contributed by atoms with Crippen LogP contribution in [0.1, 0.15) is 13.8 Å². The Morgan fingerprint density at radius 2 is 0.962 bits per heavy atom. The van der Waals surface area contributed by atoms with Crippen molar-refractivity contribution in [2.75, 3.05) is 0 Å². The van der Waals surface area contributed by atoms with Gasteiger partial charge in [0, 0.05) is 5.92 Å². The van der Waals surface area contributed by atoms with Crippen molar-refractivity contribution in [2.24, 2.45) is 11.8 Å². The summed E-state index contributed by atoms with van der Waals surface area (Å²) in [7, 11) is 0. The summed E-state index contributed by atoms with van der Waals surface area (Å²) in [4.78, 5) is 0. The highest BCUT2D eigenvalue weighted by Gasteiger charge is 2.80. The normalized spacial score (nSPS) is 21.1. The first-order chi connectivity index (χ1) is 10.9. The number of hydrogen-bond donors (Lipinski definition) is 0. The lowest BCUT2D eigenvalue weighted by molar-refractivity contribution is -0.395. The molecular formula is C11H9F15. The molecule has 26 heavy (non-hydrogen) atoms. The molecule has 0 nitrogen and oxygen atoms in total. The van der Waals surface area contributed by atoms with E-state index in [1.54, 1.807) is 0 Å². The minimum absolute atomic E-state index is 0.479. The Bertz CT molecular complexity index is 479. The zero-order valence-corrected chi connectivity index (χ0v) is 12.4. The predicted molar refractivity (Wildman–Crippen MR) is 55.1 cm³/mol. The Morgan fingerprint density at radius 3 is 1.19 bits per heavy atom. The van der Waals surface area contributed by atoms with Crippen molar-refractivity contribution in [3.8, 4) is 0 Å². The molecule has 4 atom stereocenters. The topological polar surface area (TPSA) is 0 Å². The van der Waals surface area contributed by atoms with Gasteiger partial charge in [0.05, 0.1) is 0 Å². The molecule has 0 saturated carbocycles. The van der Waals surface area contributed by atoms with Crippen molar-refractivity contribution in [3.05, 3.63) is 0 Å². The van der Waals surface area contributed by atoms with E-state index in [0.717, 1.165) is 0 Å². The monoisotopic (exact) mass is 426 g/mol. The highest BCUT2D eigenvalue weighted by atomic mass is 19.4. The van der Waals surface area contributed by atoms with Crippen molar-refractivity contribution in [2.45, 2.75) is 56.1 Å². The van der Waals surface area contributed by atoms with Gasteiger partial charge in [-0.3, -0.25) is 0 Å². The van der Waals surface area contributed by atoms with E-state index >= 15 is 0 Å². The number of halogens is 15. The molecule has 0 radical (unpaired) electrons. The highest BCUT2D eigenvalue weighted by molar-refractivity contribution is 5.04. The first-order valence-electron chi connectivity index (χ1n) is 6.22. The second kappa shape index (κ2) is 6.53. The van der Waals surface area contributed by atoms with Crippen LogP contribution in [0.3, 0.4) is 0 Å². The van der Waals surface area contributed by atoms with E-state index in [1.807, 2.05) is 0 Å². The molecule has 0 heterocycles. The average Bonchev–Trinajstić information content (AvgIpc) is 2.32. The third-order valence-corrected chi connectivity index (χ3v) is 3.58. The van der Waals surface area contributed by atoms with Gasteiger partial charge in [0.2, 0.25) is 5.67 Å². The van der Waals surface area contributed by atoms with Crippen LogP contribution in [0.2, 0.25) is 0 Å². The molecule has 15 heteroatoms. The Kier molecular flexibility index (Phi) is 6.27. The molecule has 0 saturated heterocycles. The van der Waals surface area contributed by atoms with Gasteiger partial charge in [-0.1, -0.05) is 6.92 Å². The minimum atomic E-state index is -7.39. The predicted octanol–water partition coefficient (Wildman–Crippen LogP) is 6.26. The molecule has 4 unspecified atom stereocenters.